The summed E-state index contributed by atoms with van der Waals surface area (Å²) in [6, 6.07) is 11.4. The van der Waals surface area contributed by atoms with E-state index in [2.05, 4.69) is 20.7 Å². The van der Waals surface area contributed by atoms with Gasteiger partial charge in [-0.25, -0.2) is 8.42 Å². The molecule has 0 atom stereocenters. The molecule has 0 heterocycles. The average molecular weight is 424 g/mol. The highest BCUT2D eigenvalue weighted by atomic mass is 79.9. The van der Waals surface area contributed by atoms with E-state index in [1.54, 1.807) is 18.2 Å². The second-order valence-corrected chi connectivity index (χ2v) is 7.75. The molecule has 130 valence electrons. The van der Waals surface area contributed by atoms with E-state index in [0.717, 1.165) is 16.4 Å². The van der Waals surface area contributed by atoms with E-state index in [-0.39, 0.29) is 17.2 Å². The van der Waals surface area contributed by atoms with Gasteiger partial charge in [0, 0.05) is 18.1 Å². The van der Waals surface area contributed by atoms with Gasteiger partial charge in [0.25, 0.3) is 0 Å². The Bertz CT molecular complexity index is 807. The lowest BCUT2D eigenvalue weighted by Gasteiger charge is -2.18. The molecule has 0 radical (unpaired) electrons. The van der Waals surface area contributed by atoms with Gasteiger partial charge >= 0.3 is 6.36 Å². The summed E-state index contributed by atoms with van der Waals surface area (Å²) in [4.78, 5) is 0.115. The molecule has 0 fully saturated rings. The van der Waals surface area contributed by atoms with E-state index in [4.69, 9.17) is 0 Å². The summed E-state index contributed by atoms with van der Waals surface area (Å²) in [5, 5.41) is 0. The van der Waals surface area contributed by atoms with Crippen molar-refractivity contribution in [2.24, 2.45) is 0 Å². The summed E-state index contributed by atoms with van der Waals surface area (Å²) >= 11 is 3.19. The van der Waals surface area contributed by atoms with Crippen molar-refractivity contribution in [2.45, 2.75) is 17.8 Å². The largest absolute Gasteiger partial charge is 0.573 e. The van der Waals surface area contributed by atoms with Crippen LogP contribution in [0, 0.1) is 0 Å². The quantitative estimate of drug-likeness (QED) is 0.724. The molecule has 0 aliphatic heterocycles. The number of halogens is 4. The maximum atomic E-state index is 12.5. The van der Waals surface area contributed by atoms with Gasteiger partial charge in [0.15, 0.2) is 0 Å². The summed E-state index contributed by atoms with van der Waals surface area (Å²) in [5.41, 5.74) is 0.530. The van der Waals surface area contributed by atoms with Gasteiger partial charge in [-0.15, -0.1) is 13.2 Å². The van der Waals surface area contributed by atoms with Crippen LogP contribution in [0.5, 0.6) is 5.75 Å². The first kappa shape index (κ1) is 18.8. The Balaban J connectivity index is 2.15. The second-order valence-electron chi connectivity index (χ2n) is 4.88. The summed E-state index contributed by atoms with van der Waals surface area (Å²) in [7, 11) is -2.33. The van der Waals surface area contributed by atoms with Crippen LogP contribution in [0.1, 0.15) is 5.56 Å². The van der Waals surface area contributed by atoms with Gasteiger partial charge in [0.05, 0.1) is 4.90 Å². The molecule has 0 N–H and O–H groups in total. The normalized spacial score (nSPS) is 12.4. The molecule has 2 rings (SSSR count). The van der Waals surface area contributed by atoms with E-state index < -0.39 is 16.4 Å². The van der Waals surface area contributed by atoms with Crippen molar-refractivity contribution < 1.29 is 26.3 Å². The molecule has 0 bridgehead atoms. The predicted molar refractivity (Wildman–Crippen MR) is 85.9 cm³/mol. The maximum Gasteiger partial charge on any atom is 0.573 e. The molecule has 24 heavy (non-hydrogen) atoms. The van der Waals surface area contributed by atoms with Crippen molar-refractivity contribution in [3.8, 4) is 5.75 Å². The number of alkyl halides is 3. The van der Waals surface area contributed by atoms with Crippen molar-refractivity contribution in [1.82, 2.24) is 4.31 Å². The van der Waals surface area contributed by atoms with Crippen LogP contribution in [0.3, 0.4) is 0 Å². The first-order chi connectivity index (χ1) is 11.1. The van der Waals surface area contributed by atoms with Gasteiger partial charge in [0.2, 0.25) is 10.0 Å². The summed E-state index contributed by atoms with van der Waals surface area (Å²) in [5.74, 6) is -0.359. The van der Waals surface area contributed by atoms with Crippen LogP contribution >= 0.6 is 15.9 Å². The van der Waals surface area contributed by atoms with Crippen LogP contribution in [0.4, 0.5) is 13.2 Å². The first-order valence-corrected chi connectivity index (χ1v) is 8.88. The van der Waals surface area contributed by atoms with Crippen molar-refractivity contribution >= 4 is 26.0 Å². The number of rotatable bonds is 5. The molecule has 0 aromatic heterocycles. The number of sulfonamides is 1. The lowest BCUT2D eigenvalue weighted by atomic mass is 10.2. The number of hydrogen-bond donors (Lipinski definition) is 0. The second kappa shape index (κ2) is 7.12. The molecular weight excluding hydrogens is 411 g/mol. The van der Waals surface area contributed by atoms with Gasteiger partial charge in [0.1, 0.15) is 5.75 Å². The van der Waals surface area contributed by atoms with Gasteiger partial charge in [-0.1, -0.05) is 24.3 Å². The summed E-state index contributed by atoms with van der Waals surface area (Å²) in [6.07, 6.45) is -4.76. The van der Waals surface area contributed by atoms with Crippen LogP contribution in [0.25, 0.3) is 0 Å². The van der Waals surface area contributed by atoms with E-state index in [0.29, 0.717) is 10.0 Å². The molecule has 2 aromatic rings. The molecule has 0 saturated carbocycles. The van der Waals surface area contributed by atoms with Crippen LogP contribution < -0.4 is 4.74 Å². The van der Waals surface area contributed by atoms with Crippen LogP contribution in [-0.4, -0.2) is 26.1 Å². The number of benzene rings is 2. The molecule has 0 unspecified atom stereocenters. The fourth-order valence-corrected chi connectivity index (χ4v) is 4.08. The maximum absolute atomic E-state index is 12.5. The Labute approximate surface area is 146 Å². The molecule has 2 aromatic carbocycles. The zero-order chi connectivity index (χ0) is 18.0. The molecule has 9 heteroatoms. The molecule has 0 saturated heterocycles. The lowest BCUT2D eigenvalue weighted by molar-refractivity contribution is -0.274. The minimum absolute atomic E-state index is 0.00989. The Morgan fingerprint density at radius 2 is 1.67 bits per heavy atom. The molecular formula is C15H13BrF3NO3S. The van der Waals surface area contributed by atoms with E-state index in [1.165, 1.54) is 25.2 Å². The van der Waals surface area contributed by atoms with Crippen molar-refractivity contribution in [1.29, 1.82) is 0 Å². The molecule has 0 aliphatic carbocycles. The summed E-state index contributed by atoms with van der Waals surface area (Å²) < 4.78 is 66.8. The first-order valence-electron chi connectivity index (χ1n) is 6.65. The van der Waals surface area contributed by atoms with Gasteiger partial charge in [-0.2, -0.15) is 4.31 Å². The van der Waals surface area contributed by atoms with E-state index in [9.17, 15) is 21.6 Å². The highest BCUT2D eigenvalue weighted by Gasteiger charge is 2.31. The van der Waals surface area contributed by atoms with Gasteiger partial charge < -0.3 is 4.74 Å². The Kier molecular flexibility index (Phi) is 5.56. The molecule has 0 amide bonds. The van der Waals surface area contributed by atoms with Crippen molar-refractivity contribution in [3.63, 3.8) is 0 Å². The highest BCUT2D eigenvalue weighted by molar-refractivity contribution is 9.10. The van der Waals surface area contributed by atoms with Crippen LogP contribution in [-0.2, 0) is 16.6 Å². The SMILES string of the molecule is CN(Cc1ccc(OC(F)(F)F)cc1)S(=O)(=O)c1ccccc1Br. The van der Waals surface area contributed by atoms with Crippen molar-refractivity contribution in [2.75, 3.05) is 7.05 Å². The number of ether oxygens (including phenoxy) is 1. The summed E-state index contributed by atoms with van der Waals surface area (Å²) in [6.45, 7) is 0.00989. The lowest BCUT2D eigenvalue weighted by Crippen LogP contribution is -2.26. The third-order valence-corrected chi connectivity index (χ3v) is 5.90. The van der Waals surface area contributed by atoms with Crippen LogP contribution in [0.15, 0.2) is 57.9 Å². The zero-order valence-corrected chi connectivity index (χ0v) is 14.8. The number of nitrogens with zero attached hydrogens (tertiary/aromatic N) is 1. The van der Waals surface area contributed by atoms with Crippen LogP contribution in [0.2, 0.25) is 0 Å². The molecule has 4 nitrogen and oxygen atoms in total. The van der Waals surface area contributed by atoms with E-state index >= 15 is 0 Å². The third kappa shape index (κ3) is 4.71. The fourth-order valence-electron chi connectivity index (χ4n) is 1.96. The average Bonchev–Trinajstić information content (AvgIpc) is 2.48. The minimum atomic E-state index is -4.76. The Morgan fingerprint density at radius 1 is 1.08 bits per heavy atom. The Hall–Kier alpha value is -1.58. The molecule has 0 spiro atoms. The topological polar surface area (TPSA) is 46.6 Å². The minimum Gasteiger partial charge on any atom is -0.406 e. The fraction of sp³-hybridized carbons (Fsp3) is 0.200. The highest BCUT2D eigenvalue weighted by Crippen LogP contribution is 2.26. The predicted octanol–water partition coefficient (Wildman–Crippen LogP) is 4.17. The smallest absolute Gasteiger partial charge is 0.406 e. The standard InChI is InChI=1S/C15H13BrF3NO3S/c1-20(24(21,22)14-5-3-2-4-13(14)16)10-11-6-8-12(9-7-11)23-15(17,18)19/h2-9H,10H2,1H3. The van der Waals surface area contributed by atoms with Crippen molar-refractivity contribution in [3.05, 3.63) is 58.6 Å². The number of hydrogen-bond acceptors (Lipinski definition) is 3. The van der Waals surface area contributed by atoms with E-state index in [1.807, 2.05) is 0 Å². The monoisotopic (exact) mass is 423 g/mol. The Morgan fingerprint density at radius 3 is 2.21 bits per heavy atom. The third-order valence-electron chi connectivity index (χ3n) is 3.09. The molecule has 0 aliphatic rings. The van der Waals surface area contributed by atoms with Gasteiger partial charge in [-0.3, -0.25) is 0 Å². The zero-order valence-electron chi connectivity index (χ0n) is 12.4. The van der Waals surface area contributed by atoms with Gasteiger partial charge in [-0.05, 0) is 45.8 Å².